The van der Waals surface area contributed by atoms with Gasteiger partial charge in [0.25, 0.3) is 9.04 Å². The largest absolute Gasteiger partial charge is 0.542 e. The summed E-state index contributed by atoms with van der Waals surface area (Å²) in [6, 6.07) is 6.75. The predicted molar refractivity (Wildman–Crippen MR) is 68.0 cm³/mol. The van der Waals surface area contributed by atoms with Crippen LogP contribution < -0.4 is 4.43 Å². The van der Waals surface area contributed by atoms with Crippen LogP contribution in [0.1, 0.15) is 30.5 Å². The second-order valence-corrected chi connectivity index (χ2v) is 6.77. The van der Waals surface area contributed by atoms with Crippen LogP contribution >= 0.6 is 0 Å². The highest BCUT2D eigenvalue weighted by molar-refractivity contribution is 6.52. The highest BCUT2D eigenvalue weighted by Gasteiger charge is 2.13. The van der Waals surface area contributed by atoms with E-state index in [4.69, 9.17) is 4.43 Å². The van der Waals surface area contributed by atoms with E-state index >= 15 is 0 Å². The Morgan fingerprint density at radius 2 is 1.47 bits per heavy atom. The van der Waals surface area contributed by atoms with Crippen molar-refractivity contribution in [2.24, 2.45) is 0 Å². The van der Waals surface area contributed by atoms with Crippen LogP contribution in [-0.2, 0) is 0 Å². The molecule has 0 heterocycles. The summed E-state index contributed by atoms with van der Waals surface area (Å²) in [5.74, 6) is 1.12. The molecule has 0 aliphatic carbocycles. The maximum absolute atomic E-state index is 6.13. The van der Waals surface area contributed by atoms with Gasteiger partial charge in [-0.2, -0.15) is 0 Å². The van der Waals surface area contributed by atoms with Crippen molar-refractivity contribution in [1.82, 2.24) is 0 Å². The number of hydrogen-bond donors (Lipinski definition) is 0. The molecule has 0 saturated heterocycles. The van der Waals surface area contributed by atoms with Gasteiger partial charge in [-0.3, -0.25) is 0 Å². The van der Waals surface area contributed by atoms with Gasteiger partial charge in [-0.15, -0.1) is 0 Å². The van der Waals surface area contributed by atoms with E-state index in [0.29, 0.717) is 0 Å². The Morgan fingerprint density at radius 1 is 1.00 bits per heavy atom. The number of benzene rings is 1. The van der Waals surface area contributed by atoms with Crippen molar-refractivity contribution < 1.29 is 4.43 Å². The Hall–Kier alpha value is -0.763. The standard InChI is InChI=1S/C13H21OSi/c1-6-15(7-2)14-13-11(4)8-10(3)9-12(13)5/h8-9H,6-7H2,1-5H3. The normalized spacial score (nSPS) is 10.8. The first kappa shape index (κ1) is 12.3. The van der Waals surface area contributed by atoms with E-state index < -0.39 is 9.04 Å². The van der Waals surface area contributed by atoms with Crippen molar-refractivity contribution >= 4 is 9.04 Å². The fourth-order valence-electron chi connectivity index (χ4n) is 1.87. The highest BCUT2D eigenvalue weighted by atomic mass is 28.3. The van der Waals surface area contributed by atoms with Gasteiger partial charge in [0.15, 0.2) is 0 Å². The van der Waals surface area contributed by atoms with Gasteiger partial charge >= 0.3 is 0 Å². The van der Waals surface area contributed by atoms with E-state index in [-0.39, 0.29) is 0 Å². The lowest BCUT2D eigenvalue weighted by atomic mass is 10.1. The first-order valence-corrected chi connectivity index (χ1v) is 7.51. The van der Waals surface area contributed by atoms with Crippen LogP contribution in [0.2, 0.25) is 12.1 Å². The van der Waals surface area contributed by atoms with E-state index in [9.17, 15) is 0 Å². The molecule has 0 fully saturated rings. The summed E-state index contributed by atoms with van der Waals surface area (Å²) in [4.78, 5) is 0. The summed E-state index contributed by atoms with van der Waals surface area (Å²) >= 11 is 0. The zero-order valence-electron chi connectivity index (χ0n) is 10.5. The molecule has 0 saturated carbocycles. The summed E-state index contributed by atoms with van der Waals surface area (Å²) in [5.41, 5.74) is 3.87. The minimum atomic E-state index is -0.633. The lowest BCUT2D eigenvalue weighted by molar-refractivity contribution is 0.556. The molecule has 0 aromatic heterocycles. The molecule has 1 radical (unpaired) electrons. The maximum atomic E-state index is 6.13. The SMILES string of the molecule is CC[Si](CC)Oc1c(C)cc(C)cc1C. The van der Waals surface area contributed by atoms with Crippen molar-refractivity contribution in [3.63, 3.8) is 0 Å². The molecule has 0 atom stereocenters. The lowest BCUT2D eigenvalue weighted by Gasteiger charge is -2.18. The van der Waals surface area contributed by atoms with Crippen molar-refractivity contribution in [3.05, 3.63) is 28.8 Å². The molecule has 0 amide bonds. The van der Waals surface area contributed by atoms with Crippen molar-refractivity contribution in [2.75, 3.05) is 0 Å². The highest BCUT2D eigenvalue weighted by Crippen LogP contribution is 2.25. The second kappa shape index (κ2) is 5.36. The average molecular weight is 221 g/mol. The minimum Gasteiger partial charge on any atom is -0.542 e. The Labute approximate surface area is 95.2 Å². The molecule has 0 N–H and O–H groups in total. The van der Waals surface area contributed by atoms with Crippen LogP contribution in [0.5, 0.6) is 5.75 Å². The van der Waals surface area contributed by atoms with Gasteiger partial charge in [0, 0.05) is 0 Å². The molecule has 0 aliphatic heterocycles. The monoisotopic (exact) mass is 221 g/mol. The fraction of sp³-hybridized carbons (Fsp3) is 0.538. The quantitative estimate of drug-likeness (QED) is 0.698. The number of aryl methyl sites for hydroxylation is 3. The molecule has 1 rings (SSSR count). The van der Waals surface area contributed by atoms with Crippen molar-refractivity contribution in [3.8, 4) is 5.75 Å². The summed E-state index contributed by atoms with van der Waals surface area (Å²) in [6.45, 7) is 10.9. The Balaban J connectivity index is 2.94. The molecule has 0 bridgehead atoms. The zero-order valence-corrected chi connectivity index (χ0v) is 11.5. The van der Waals surface area contributed by atoms with Crippen LogP contribution in [0, 0.1) is 20.8 Å². The van der Waals surface area contributed by atoms with Gasteiger partial charge in [0.2, 0.25) is 0 Å². The minimum absolute atomic E-state index is 0.633. The second-order valence-electron chi connectivity index (χ2n) is 4.08. The van der Waals surface area contributed by atoms with E-state index in [0.717, 1.165) is 5.75 Å². The smallest absolute Gasteiger partial charge is 0.280 e. The van der Waals surface area contributed by atoms with Crippen LogP contribution in [0.3, 0.4) is 0 Å². The predicted octanol–water partition coefficient (Wildman–Crippen LogP) is 4.02. The maximum Gasteiger partial charge on any atom is 0.280 e. The van der Waals surface area contributed by atoms with Crippen LogP contribution in [0.4, 0.5) is 0 Å². The van der Waals surface area contributed by atoms with Gasteiger partial charge in [0.05, 0.1) is 0 Å². The molecule has 2 heteroatoms. The average Bonchev–Trinajstić information content (AvgIpc) is 2.17. The Bertz CT molecular complexity index is 306. The topological polar surface area (TPSA) is 9.23 Å². The summed E-state index contributed by atoms with van der Waals surface area (Å²) in [7, 11) is -0.633. The first-order valence-electron chi connectivity index (χ1n) is 5.68. The van der Waals surface area contributed by atoms with Crippen molar-refractivity contribution in [2.45, 2.75) is 46.7 Å². The fourth-order valence-corrected chi connectivity index (χ4v) is 3.27. The van der Waals surface area contributed by atoms with Crippen LogP contribution in [-0.4, -0.2) is 9.04 Å². The third-order valence-corrected chi connectivity index (χ3v) is 4.71. The molecule has 15 heavy (non-hydrogen) atoms. The van der Waals surface area contributed by atoms with Crippen LogP contribution in [0.15, 0.2) is 12.1 Å². The molecule has 1 aromatic carbocycles. The van der Waals surface area contributed by atoms with E-state index in [1.54, 1.807) is 0 Å². The van der Waals surface area contributed by atoms with Gasteiger partial charge in [-0.05, 0) is 44.0 Å². The molecular weight excluding hydrogens is 200 g/mol. The molecular formula is C13H21OSi. The van der Waals surface area contributed by atoms with E-state index in [1.165, 1.54) is 28.8 Å². The number of hydrogen-bond acceptors (Lipinski definition) is 1. The summed E-state index contributed by atoms with van der Waals surface area (Å²) in [6.07, 6.45) is 0. The molecule has 0 spiro atoms. The van der Waals surface area contributed by atoms with Crippen molar-refractivity contribution in [1.29, 1.82) is 0 Å². The van der Waals surface area contributed by atoms with E-state index in [2.05, 4.69) is 46.8 Å². The van der Waals surface area contributed by atoms with Gasteiger partial charge in [-0.25, -0.2) is 0 Å². The van der Waals surface area contributed by atoms with Gasteiger partial charge < -0.3 is 4.43 Å². The third-order valence-electron chi connectivity index (χ3n) is 2.64. The summed E-state index contributed by atoms with van der Waals surface area (Å²) in [5, 5.41) is 0. The summed E-state index contributed by atoms with van der Waals surface area (Å²) < 4.78 is 6.13. The number of rotatable bonds is 4. The molecule has 0 aliphatic rings. The lowest BCUT2D eigenvalue weighted by Crippen LogP contribution is -2.20. The van der Waals surface area contributed by atoms with Gasteiger partial charge in [-0.1, -0.05) is 31.5 Å². The zero-order chi connectivity index (χ0) is 11.4. The first-order chi connectivity index (χ1) is 7.08. The Morgan fingerprint density at radius 3 is 1.87 bits per heavy atom. The molecule has 0 unspecified atom stereocenters. The third kappa shape index (κ3) is 3.10. The van der Waals surface area contributed by atoms with E-state index in [1.807, 2.05) is 0 Å². The molecule has 83 valence electrons. The van der Waals surface area contributed by atoms with Crippen LogP contribution in [0.25, 0.3) is 0 Å². The Kier molecular flexibility index (Phi) is 4.39. The molecule has 1 aromatic rings. The molecule has 1 nitrogen and oxygen atoms in total. The van der Waals surface area contributed by atoms with Gasteiger partial charge in [0.1, 0.15) is 5.75 Å².